The third kappa shape index (κ3) is 3.11. The molecule has 9 nitrogen and oxygen atoms in total. The predicted molar refractivity (Wildman–Crippen MR) is 127 cm³/mol. The minimum atomic E-state index is -0.460. The largest absolute Gasteiger partial charge is 0.456 e. The lowest BCUT2D eigenvalue weighted by atomic mass is 10.1. The van der Waals surface area contributed by atoms with Crippen molar-refractivity contribution in [2.45, 2.75) is 6.92 Å². The van der Waals surface area contributed by atoms with Gasteiger partial charge >= 0.3 is 0 Å². The maximum atomic E-state index is 12.9. The van der Waals surface area contributed by atoms with E-state index in [0.29, 0.717) is 38.2 Å². The number of furan rings is 2. The normalized spacial score (nSPS) is 12.2. The fourth-order valence-corrected chi connectivity index (χ4v) is 4.75. The van der Waals surface area contributed by atoms with Crippen molar-refractivity contribution < 1.29 is 13.8 Å². The second-order valence-electron chi connectivity index (χ2n) is 7.57. The topological polar surface area (TPSA) is 117 Å². The highest BCUT2D eigenvalue weighted by atomic mass is 32.1. The van der Waals surface area contributed by atoms with E-state index in [1.54, 1.807) is 36.4 Å². The molecule has 166 valence electrons. The molecular formula is C24H14N4O5S. The van der Waals surface area contributed by atoms with Gasteiger partial charge in [0.15, 0.2) is 5.76 Å². The monoisotopic (exact) mass is 470 g/mol. The van der Waals surface area contributed by atoms with Crippen LogP contribution in [-0.4, -0.2) is 19.5 Å². The molecule has 34 heavy (non-hydrogen) atoms. The van der Waals surface area contributed by atoms with Gasteiger partial charge < -0.3 is 8.83 Å². The molecule has 4 heterocycles. The van der Waals surface area contributed by atoms with E-state index in [-0.39, 0.29) is 11.2 Å². The van der Waals surface area contributed by atoms with Crippen LogP contribution < -0.4 is 10.1 Å². The van der Waals surface area contributed by atoms with Crippen LogP contribution >= 0.6 is 11.3 Å². The van der Waals surface area contributed by atoms with Gasteiger partial charge in [0.2, 0.25) is 10.8 Å². The molecule has 0 fully saturated rings. The van der Waals surface area contributed by atoms with E-state index in [0.717, 1.165) is 16.5 Å². The highest BCUT2D eigenvalue weighted by Gasteiger charge is 2.20. The number of hydrogen-bond acceptors (Lipinski definition) is 8. The number of hydrogen-bond donors (Lipinski definition) is 0. The van der Waals surface area contributed by atoms with Gasteiger partial charge in [0.05, 0.1) is 10.5 Å². The molecule has 0 spiro atoms. The zero-order chi connectivity index (χ0) is 23.4. The maximum absolute atomic E-state index is 12.9. The van der Waals surface area contributed by atoms with Crippen LogP contribution in [0.15, 0.2) is 74.3 Å². The summed E-state index contributed by atoms with van der Waals surface area (Å²) in [6.45, 7) is 1.93. The fourth-order valence-electron chi connectivity index (χ4n) is 3.86. The molecule has 0 amide bonds. The molecule has 0 bridgehead atoms. The molecule has 6 rings (SSSR count). The van der Waals surface area contributed by atoms with E-state index in [2.05, 4.69) is 10.1 Å². The Bertz CT molecular complexity index is 1840. The number of para-hydroxylation sites is 2. The number of fused-ring (bicyclic) bond motifs is 2. The van der Waals surface area contributed by atoms with Crippen molar-refractivity contribution in [1.29, 1.82) is 0 Å². The van der Waals surface area contributed by atoms with Crippen molar-refractivity contribution in [2.24, 2.45) is 0 Å². The van der Waals surface area contributed by atoms with Crippen LogP contribution in [0.4, 0.5) is 5.69 Å². The van der Waals surface area contributed by atoms with Crippen LogP contribution in [0.5, 0.6) is 0 Å². The van der Waals surface area contributed by atoms with Gasteiger partial charge in [-0.15, -0.1) is 5.10 Å². The van der Waals surface area contributed by atoms with Crippen molar-refractivity contribution in [3.05, 3.63) is 97.0 Å². The predicted octanol–water partition coefficient (Wildman–Crippen LogP) is 4.59. The van der Waals surface area contributed by atoms with Crippen molar-refractivity contribution in [3.8, 4) is 22.9 Å². The van der Waals surface area contributed by atoms with Gasteiger partial charge in [-0.25, -0.2) is 0 Å². The minimum absolute atomic E-state index is 0.0554. The summed E-state index contributed by atoms with van der Waals surface area (Å²) in [6, 6.07) is 17.3. The number of nitro benzene ring substituents is 1. The van der Waals surface area contributed by atoms with Crippen molar-refractivity contribution in [1.82, 2.24) is 14.6 Å². The van der Waals surface area contributed by atoms with Gasteiger partial charge in [-0.05, 0) is 31.2 Å². The molecule has 10 heteroatoms. The summed E-state index contributed by atoms with van der Waals surface area (Å²) in [5, 5.41) is 16.6. The molecule has 2 aromatic carbocycles. The Morgan fingerprint density at radius 1 is 1.06 bits per heavy atom. The molecule has 0 aliphatic heterocycles. The Balaban J connectivity index is 1.39. The SMILES string of the molecule is Cc1c(-c2nc3sc(=Cc4ccc(-c5ccccc5[N+](=O)[O-])o4)c(=O)n3n2)oc2ccccc12. The number of nitro groups is 1. The maximum Gasteiger partial charge on any atom is 0.291 e. The standard InChI is InChI=1S/C24H14N4O5S/c1-13-15-6-3-5-9-18(15)33-21(13)22-25-24-27(26-22)23(29)20(34-24)12-14-10-11-19(32-14)16-7-2-4-8-17(16)28(30)31/h2-12H,1H3. The third-order valence-corrected chi connectivity index (χ3v) is 6.45. The van der Waals surface area contributed by atoms with E-state index in [1.165, 1.54) is 21.9 Å². The van der Waals surface area contributed by atoms with Gasteiger partial charge in [-0.2, -0.15) is 9.50 Å². The van der Waals surface area contributed by atoms with Gasteiger partial charge in [-0.1, -0.05) is 41.7 Å². The van der Waals surface area contributed by atoms with E-state index in [1.807, 2.05) is 31.2 Å². The summed E-state index contributed by atoms with van der Waals surface area (Å²) in [7, 11) is 0. The van der Waals surface area contributed by atoms with Crippen LogP contribution in [0.1, 0.15) is 11.3 Å². The molecule has 0 atom stereocenters. The van der Waals surface area contributed by atoms with Gasteiger partial charge in [0.1, 0.15) is 21.6 Å². The van der Waals surface area contributed by atoms with Crippen LogP contribution in [0.25, 0.3) is 44.9 Å². The van der Waals surface area contributed by atoms with Crippen molar-refractivity contribution in [3.63, 3.8) is 0 Å². The first-order chi connectivity index (χ1) is 16.5. The smallest absolute Gasteiger partial charge is 0.291 e. The molecule has 6 aromatic rings. The molecule has 0 aliphatic carbocycles. The third-order valence-electron chi connectivity index (χ3n) is 5.49. The highest BCUT2D eigenvalue weighted by Crippen LogP contribution is 2.32. The molecule has 0 saturated heterocycles. The van der Waals surface area contributed by atoms with E-state index >= 15 is 0 Å². The number of nitrogens with zero attached hydrogens (tertiary/aromatic N) is 4. The average molecular weight is 470 g/mol. The molecule has 0 saturated carbocycles. The van der Waals surface area contributed by atoms with Crippen LogP contribution in [0.3, 0.4) is 0 Å². The molecule has 0 aliphatic rings. The second kappa shape index (κ2) is 7.49. The Morgan fingerprint density at radius 2 is 1.85 bits per heavy atom. The Kier molecular flexibility index (Phi) is 4.42. The van der Waals surface area contributed by atoms with Crippen LogP contribution in [0.2, 0.25) is 0 Å². The quantitative estimate of drug-likeness (QED) is 0.273. The van der Waals surface area contributed by atoms with Gasteiger partial charge in [-0.3, -0.25) is 14.9 Å². The number of benzene rings is 2. The minimum Gasteiger partial charge on any atom is -0.456 e. The van der Waals surface area contributed by atoms with Crippen LogP contribution in [0, 0.1) is 17.0 Å². The molecule has 0 N–H and O–H groups in total. The number of aryl methyl sites for hydroxylation is 1. The molecular weight excluding hydrogens is 456 g/mol. The van der Waals surface area contributed by atoms with E-state index < -0.39 is 4.92 Å². The zero-order valence-corrected chi connectivity index (χ0v) is 18.4. The van der Waals surface area contributed by atoms with Crippen molar-refractivity contribution in [2.75, 3.05) is 0 Å². The summed E-state index contributed by atoms with van der Waals surface area (Å²) in [5.41, 5.74) is 1.61. The Morgan fingerprint density at radius 3 is 2.65 bits per heavy atom. The number of aromatic nitrogens is 3. The van der Waals surface area contributed by atoms with Gasteiger partial charge in [0, 0.05) is 23.1 Å². The number of rotatable bonds is 4. The Labute approximate surface area is 194 Å². The molecule has 0 unspecified atom stereocenters. The fraction of sp³-hybridized carbons (Fsp3) is 0.0417. The lowest BCUT2D eigenvalue weighted by molar-refractivity contribution is -0.384. The lowest BCUT2D eigenvalue weighted by Gasteiger charge is -1.98. The van der Waals surface area contributed by atoms with Crippen molar-refractivity contribution >= 4 is 39.0 Å². The highest BCUT2D eigenvalue weighted by molar-refractivity contribution is 7.15. The first-order valence-corrected chi connectivity index (χ1v) is 11.0. The zero-order valence-electron chi connectivity index (χ0n) is 17.6. The van der Waals surface area contributed by atoms with E-state index in [4.69, 9.17) is 8.83 Å². The van der Waals surface area contributed by atoms with Gasteiger partial charge in [0.25, 0.3) is 11.2 Å². The van der Waals surface area contributed by atoms with E-state index in [9.17, 15) is 14.9 Å². The molecule has 4 aromatic heterocycles. The summed E-state index contributed by atoms with van der Waals surface area (Å²) in [4.78, 5) is 28.7. The second-order valence-corrected chi connectivity index (χ2v) is 8.58. The lowest BCUT2D eigenvalue weighted by Crippen LogP contribution is -2.23. The first kappa shape index (κ1) is 20.1. The number of thiazole rings is 1. The van der Waals surface area contributed by atoms with Crippen LogP contribution in [-0.2, 0) is 0 Å². The first-order valence-electron chi connectivity index (χ1n) is 10.2. The average Bonchev–Trinajstić information content (AvgIpc) is 3.60. The summed E-state index contributed by atoms with van der Waals surface area (Å²) < 4.78 is 13.3. The summed E-state index contributed by atoms with van der Waals surface area (Å²) in [5.74, 6) is 1.61. The summed E-state index contributed by atoms with van der Waals surface area (Å²) >= 11 is 1.17. The summed E-state index contributed by atoms with van der Waals surface area (Å²) in [6.07, 6.45) is 1.58. The Hall–Kier alpha value is -4.57. The molecule has 0 radical (unpaired) electrons.